The molecule has 0 saturated heterocycles. The lowest BCUT2D eigenvalue weighted by molar-refractivity contribution is 0.0546. The van der Waals surface area contributed by atoms with Crippen molar-refractivity contribution in [2.24, 2.45) is 0 Å². The van der Waals surface area contributed by atoms with Crippen LogP contribution >= 0.6 is 0 Å². The van der Waals surface area contributed by atoms with Crippen molar-refractivity contribution in [3.8, 4) is 0 Å². The summed E-state index contributed by atoms with van der Waals surface area (Å²) in [6.07, 6.45) is 6.45. The van der Waals surface area contributed by atoms with Crippen LogP contribution in [-0.4, -0.2) is 48.5 Å². The van der Waals surface area contributed by atoms with Gasteiger partial charge in [0.25, 0.3) is 0 Å². The van der Waals surface area contributed by atoms with Crippen molar-refractivity contribution >= 4 is 23.5 Å². The second kappa shape index (κ2) is 7.18. The second-order valence-electron chi connectivity index (χ2n) is 9.53. The summed E-state index contributed by atoms with van der Waals surface area (Å²) in [5.41, 5.74) is 2.41. The number of amides is 1. The van der Waals surface area contributed by atoms with Crippen LogP contribution in [0.5, 0.6) is 0 Å². The van der Waals surface area contributed by atoms with E-state index in [2.05, 4.69) is 30.8 Å². The Morgan fingerprint density at radius 1 is 1.31 bits per heavy atom. The molecule has 0 unspecified atom stereocenters. The van der Waals surface area contributed by atoms with Crippen molar-refractivity contribution in [3.05, 3.63) is 35.9 Å². The first kappa shape index (κ1) is 19.5. The number of ether oxygens (including phenoxy) is 1. The lowest BCUT2D eigenvalue weighted by Gasteiger charge is -2.19. The number of fused-ring (bicyclic) bond motifs is 1. The number of imidazole rings is 1. The number of alkyl carbamates (subject to hydrolysis) is 1. The van der Waals surface area contributed by atoms with E-state index >= 15 is 4.39 Å². The lowest BCUT2D eigenvalue weighted by Crippen LogP contribution is -2.38. The summed E-state index contributed by atoms with van der Waals surface area (Å²) in [5.74, 6) is 1.31. The van der Waals surface area contributed by atoms with Gasteiger partial charge in [0.05, 0.1) is 5.69 Å². The van der Waals surface area contributed by atoms with E-state index in [9.17, 15) is 4.79 Å². The summed E-state index contributed by atoms with van der Waals surface area (Å²) in [5, 5.41) is 13.3. The quantitative estimate of drug-likeness (QED) is 0.537. The van der Waals surface area contributed by atoms with E-state index in [1.165, 1.54) is 12.8 Å². The highest BCUT2D eigenvalue weighted by Gasteiger charge is 2.43. The first-order valence-corrected chi connectivity index (χ1v) is 11.3. The largest absolute Gasteiger partial charge is 0.443 e. The molecule has 3 aliphatic carbocycles. The summed E-state index contributed by atoms with van der Waals surface area (Å²) < 4.78 is 22.4. The van der Waals surface area contributed by atoms with E-state index in [0.717, 1.165) is 24.2 Å². The average Bonchev–Trinajstić information content (AvgIpc) is 3.59. The Balaban J connectivity index is 1.13. The maximum absolute atomic E-state index is 15.1. The van der Waals surface area contributed by atoms with Crippen LogP contribution in [-0.2, 0) is 4.74 Å². The smallest absolute Gasteiger partial charge is 0.407 e. The Hall–Kier alpha value is -3.17. The maximum atomic E-state index is 15.1. The van der Waals surface area contributed by atoms with Gasteiger partial charge in [-0.15, -0.1) is 0 Å². The highest BCUT2D eigenvalue weighted by Crippen LogP contribution is 2.40. The number of alkyl halides is 1. The van der Waals surface area contributed by atoms with Gasteiger partial charge in [0.2, 0.25) is 5.95 Å². The zero-order chi connectivity index (χ0) is 21.9. The minimum absolute atomic E-state index is 0.184. The number of carbonyl (C=O) groups is 1. The highest BCUT2D eigenvalue weighted by molar-refractivity contribution is 5.69. The van der Waals surface area contributed by atoms with Gasteiger partial charge in [0, 0.05) is 41.5 Å². The van der Waals surface area contributed by atoms with Crippen LogP contribution in [0.25, 0.3) is 5.65 Å². The Bertz CT molecular complexity index is 1170. The van der Waals surface area contributed by atoms with Crippen LogP contribution < -0.4 is 10.6 Å². The Morgan fingerprint density at radius 3 is 2.94 bits per heavy atom. The van der Waals surface area contributed by atoms with Crippen LogP contribution in [0.2, 0.25) is 0 Å². The van der Waals surface area contributed by atoms with Gasteiger partial charge in [-0.1, -0.05) is 0 Å². The first-order chi connectivity index (χ1) is 15.5. The number of nitrogens with zero attached hydrogens (tertiary/aromatic N) is 4. The number of nitrogens with one attached hydrogen (secondary N) is 3. The summed E-state index contributed by atoms with van der Waals surface area (Å²) in [7, 11) is 0. The molecule has 3 heterocycles. The second-order valence-corrected chi connectivity index (χ2v) is 9.53. The van der Waals surface area contributed by atoms with Gasteiger partial charge in [-0.2, -0.15) is 5.10 Å². The van der Waals surface area contributed by atoms with Crippen LogP contribution in [0.1, 0.15) is 68.7 Å². The molecule has 32 heavy (non-hydrogen) atoms. The van der Waals surface area contributed by atoms with Crippen LogP contribution in [0.4, 0.5) is 21.0 Å². The Labute approximate surface area is 184 Å². The molecule has 3 aromatic heterocycles. The molecule has 3 aliphatic rings. The molecule has 0 spiro atoms. The number of aromatic amines is 1. The van der Waals surface area contributed by atoms with Crippen molar-refractivity contribution in [1.29, 1.82) is 0 Å². The summed E-state index contributed by atoms with van der Waals surface area (Å²) >= 11 is 0. The lowest BCUT2D eigenvalue weighted by atomic mass is 10.0. The third-order valence-corrected chi connectivity index (χ3v) is 6.80. The molecular formula is C22H26FN7O2. The molecule has 6 rings (SSSR count). The fourth-order valence-electron chi connectivity index (χ4n) is 4.41. The summed E-state index contributed by atoms with van der Waals surface area (Å²) in [4.78, 5) is 21.1. The van der Waals surface area contributed by atoms with Gasteiger partial charge in [-0.3, -0.25) is 9.50 Å². The number of carbonyl (C=O) groups excluding carboxylic acids is 1. The van der Waals surface area contributed by atoms with Crippen molar-refractivity contribution < 1.29 is 13.9 Å². The number of aromatic nitrogens is 5. The van der Waals surface area contributed by atoms with Gasteiger partial charge >= 0.3 is 6.09 Å². The van der Waals surface area contributed by atoms with Crippen molar-refractivity contribution in [2.75, 3.05) is 5.32 Å². The fourth-order valence-corrected chi connectivity index (χ4v) is 4.41. The number of hydrogen-bond acceptors (Lipinski definition) is 6. The molecule has 0 bridgehead atoms. The van der Waals surface area contributed by atoms with Gasteiger partial charge in [-0.05, 0) is 51.5 Å². The molecule has 3 aromatic rings. The minimum atomic E-state index is -1.28. The van der Waals surface area contributed by atoms with Crippen molar-refractivity contribution in [2.45, 2.75) is 75.1 Å². The molecule has 3 N–H and O–H groups in total. The summed E-state index contributed by atoms with van der Waals surface area (Å²) in [6.45, 7) is 1.96. The number of hydrogen-bond donors (Lipinski definition) is 3. The molecule has 0 aliphatic heterocycles. The van der Waals surface area contributed by atoms with Gasteiger partial charge in [0.1, 0.15) is 17.9 Å². The average molecular weight is 439 g/mol. The number of H-pyrrole nitrogens is 1. The minimum Gasteiger partial charge on any atom is -0.443 e. The SMILES string of the molecule is CC1(NC(=O)O[C@H]2CC[C@@H](c3cc(Nc4nccc5nc(C6CC6)cn45)n[nH]3)[C@@H]2F)CC1. The topological polar surface area (TPSA) is 109 Å². The molecule has 1 amide bonds. The molecule has 0 aromatic carbocycles. The van der Waals surface area contributed by atoms with E-state index in [4.69, 9.17) is 4.74 Å². The zero-order valence-electron chi connectivity index (χ0n) is 17.8. The molecule has 3 fully saturated rings. The molecule has 0 radical (unpaired) electrons. The number of halogens is 1. The van der Waals surface area contributed by atoms with E-state index in [1.807, 2.05) is 23.6 Å². The van der Waals surface area contributed by atoms with E-state index < -0.39 is 24.3 Å². The fraction of sp³-hybridized carbons (Fsp3) is 0.545. The Morgan fingerprint density at radius 2 is 2.16 bits per heavy atom. The number of anilines is 2. The van der Waals surface area contributed by atoms with Crippen molar-refractivity contribution in [1.82, 2.24) is 29.9 Å². The van der Waals surface area contributed by atoms with E-state index in [1.54, 1.807) is 12.3 Å². The molecule has 3 saturated carbocycles. The van der Waals surface area contributed by atoms with Crippen LogP contribution in [0.3, 0.4) is 0 Å². The third kappa shape index (κ3) is 3.67. The van der Waals surface area contributed by atoms with Gasteiger partial charge in [0.15, 0.2) is 5.82 Å². The zero-order valence-corrected chi connectivity index (χ0v) is 17.8. The molecular weight excluding hydrogens is 413 g/mol. The molecule has 168 valence electrons. The predicted octanol–water partition coefficient (Wildman–Crippen LogP) is 3.94. The maximum Gasteiger partial charge on any atom is 0.407 e. The molecule has 10 heteroatoms. The van der Waals surface area contributed by atoms with E-state index in [-0.39, 0.29) is 5.54 Å². The van der Waals surface area contributed by atoms with Crippen molar-refractivity contribution in [3.63, 3.8) is 0 Å². The predicted molar refractivity (Wildman–Crippen MR) is 115 cm³/mol. The third-order valence-electron chi connectivity index (χ3n) is 6.80. The van der Waals surface area contributed by atoms with Crippen LogP contribution in [0.15, 0.2) is 24.5 Å². The first-order valence-electron chi connectivity index (χ1n) is 11.3. The number of rotatable bonds is 6. The van der Waals surface area contributed by atoms with Crippen LogP contribution in [0, 0.1) is 0 Å². The monoisotopic (exact) mass is 439 g/mol. The Kier molecular flexibility index (Phi) is 4.38. The standard InChI is InChI=1S/C22H26FN7O2/c1-22(7-8-22)27-21(31)32-16-5-4-13(19(16)23)14-10-17(29-28-14)26-20-24-9-6-18-25-15(11-30(18)20)12-2-3-12/h6,9-13,16,19H,2-5,7-8H2,1H3,(H,27,31)(H2,24,26,28,29)/t13-,16-,19-/m0/s1. The highest BCUT2D eigenvalue weighted by atomic mass is 19.1. The molecule has 9 nitrogen and oxygen atoms in total. The van der Waals surface area contributed by atoms with Gasteiger partial charge < -0.3 is 15.4 Å². The van der Waals surface area contributed by atoms with Gasteiger partial charge in [-0.25, -0.2) is 19.2 Å². The van der Waals surface area contributed by atoms with E-state index in [0.29, 0.717) is 36.2 Å². The normalized spacial score (nSPS) is 26.2. The molecule has 3 atom stereocenters. The summed E-state index contributed by atoms with van der Waals surface area (Å²) in [6, 6.07) is 3.67.